The average molecular weight is 219 g/mol. The van der Waals surface area contributed by atoms with Gasteiger partial charge in [-0.15, -0.1) is 0 Å². The van der Waals surface area contributed by atoms with E-state index in [1.165, 1.54) is 6.42 Å². The topological polar surface area (TPSA) is 39.2 Å². The molecule has 1 aliphatic carbocycles. The molecule has 1 aromatic rings. The van der Waals surface area contributed by atoms with Crippen molar-refractivity contribution in [3.63, 3.8) is 0 Å². The Kier molecular flexibility index (Phi) is 3.22. The number of rotatable bonds is 4. The van der Waals surface area contributed by atoms with Crippen LogP contribution in [0.3, 0.4) is 0 Å². The number of pyridine rings is 1. The molecular formula is C13H17NO2. The molecule has 0 spiro atoms. The van der Waals surface area contributed by atoms with E-state index in [-0.39, 0.29) is 17.8 Å². The SMILES string of the molecule is CC(C)Oc1cncc(C(=O)C2CCC2)c1. The van der Waals surface area contributed by atoms with Crippen molar-refractivity contribution in [2.45, 2.75) is 39.2 Å². The Morgan fingerprint density at radius 1 is 1.44 bits per heavy atom. The molecule has 0 radical (unpaired) electrons. The van der Waals surface area contributed by atoms with Gasteiger partial charge in [-0.1, -0.05) is 6.42 Å². The minimum Gasteiger partial charge on any atom is -0.489 e. The van der Waals surface area contributed by atoms with Crippen LogP contribution in [0.4, 0.5) is 0 Å². The van der Waals surface area contributed by atoms with Gasteiger partial charge in [-0.3, -0.25) is 9.78 Å². The second kappa shape index (κ2) is 4.64. The Labute approximate surface area is 95.8 Å². The van der Waals surface area contributed by atoms with Crippen LogP contribution in [0.15, 0.2) is 18.5 Å². The molecule has 0 atom stereocenters. The number of ether oxygens (including phenoxy) is 1. The van der Waals surface area contributed by atoms with Crippen LogP contribution in [0.25, 0.3) is 0 Å². The molecule has 1 aromatic heterocycles. The van der Waals surface area contributed by atoms with E-state index < -0.39 is 0 Å². The molecule has 3 heteroatoms. The second-order valence-electron chi connectivity index (χ2n) is 4.57. The van der Waals surface area contributed by atoms with Gasteiger partial charge >= 0.3 is 0 Å². The summed E-state index contributed by atoms with van der Waals surface area (Å²) in [6, 6.07) is 1.80. The molecule has 0 aromatic carbocycles. The Balaban J connectivity index is 2.11. The number of aromatic nitrogens is 1. The lowest BCUT2D eigenvalue weighted by Crippen LogP contribution is -2.22. The maximum atomic E-state index is 12.0. The van der Waals surface area contributed by atoms with E-state index >= 15 is 0 Å². The molecule has 0 N–H and O–H groups in total. The van der Waals surface area contributed by atoms with Gasteiger partial charge in [-0.25, -0.2) is 0 Å². The first-order valence-electron chi connectivity index (χ1n) is 5.82. The van der Waals surface area contributed by atoms with Crippen molar-refractivity contribution in [3.05, 3.63) is 24.0 Å². The van der Waals surface area contributed by atoms with Gasteiger partial charge in [-0.05, 0) is 32.8 Å². The lowest BCUT2D eigenvalue weighted by Gasteiger charge is -2.23. The molecule has 1 fully saturated rings. The number of Topliss-reactive ketones (excluding diaryl/α,β-unsaturated/α-hetero) is 1. The quantitative estimate of drug-likeness (QED) is 0.731. The fourth-order valence-electron chi connectivity index (χ4n) is 1.80. The molecule has 0 aliphatic heterocycles. The number of ketones is 1. The van der Waals surface area contributed by atoms with Gasteiger partial charge in [0.1, 0.15) is 5.75 Å². The van der Waals surface area contributed by atoms with Crippen LogP contribution in [0.5, 0.6) is 5.75 Å². The Morgan fingerprint density at radius 3 is 2.75 bits per heavy atom. The van der Waals surface area contributed by atoms with Crippen molar-refractivity contribution in [2.75, 3.05) is 0 Å². The molecule has 0 amide bonds. The van der Waals surface area contributed by atoms with Crippen molar-refractivity contribution in [2.24, 2.45) is 5.92 Å². The van der Waals surface area contributed by atoms with Crippen molar-refractivity contribution < 1.29 is 9.53 Å². The van der Waals surface area contributed by atoms with Crippen LogP contribution in [-0.2, 0) is 0 Å². The highest BCUT2D eigenvalue weighted by atomic mass is 16.5. The normalized spacial score (nSPS) is 15.9. The zero-order valence-corrected chi connectivity index (χ0v) is 9.77. The Bertz CT molecular complexity index is 383. The Morgan fingerprint density at radius 2 is 2.19 bits per heavy atom. The summed E-state index contributed by atoms with van der Waals surface area (Å²) < 4.78 is 5.52. The molecule has 16 heavy (non-hydrogen) atoms. The highest BCUT2D eigenvalue weighted by Gasteiger charge is 2.26. The summed E-state index contributed by atoms with van der Waals surface area (Å²) >= 11 is 0. The highest BCUT2D eigenvalue weighted by molar-refractivity contribution is 5.98. The molecule has 3 nitrogen and oxygen atoms in total. The van der Waals surface area contributed by atoms with Gasteiger partial charge in [0, 0.05) is 17.7 Å². The van der Waals surface area contributed by atoms with Crippen molar-refractivity contribution in [1.29, 1.82) is 0 Å². The summed E-state index contributed by atoms with van der Waals surface area (Å²) in [7, 11) is 0. The number of hydrogen-bond donors (Lipinski definition) is 0. The number of carbonyl (C=O) groups is 1. The van der Waals surface area contributed by atoms with E-state index in [2.05, 4.69) is 4.98 Å². The second-order valence-corrected chi connectivity index (χ2v) is 4.57. The van der Waals surface area contributed by atoms with Crippen LogP contribution in [-0.4, -0.2) is 16.9 Å². The molecule has 0 unspecified atom stereocenters. The van der Waals surface area contributed by atoms with Crippen molar-refractivity contribution >= 4 is 5.78 Å². The third kappa shape index (κ3) is 2.40. The number of nitrogens with zero attached hydrogens (tertiary/aromatic N) is 1. The number of carbonyl (C=O) groups excluding carboxylic acids is 1. The largest absolute Gasteiger partial charge is 0.489 e. The monoisotopic (exact) mass is 219 g/mol. The summed E-state index contributed by atoms with van der Waals surface area (Å²) in [4.78, 5) is 16.0. The minimum absolute atomic E-state index is 0.107. The summed E-state index contributed by atoms with van der Waals surface area (Å²) in [6.07, 6.45) is 6.61. The van der Waals surface area contributed by atoms with E-state index in [1.807, 2.05) is 13.8 Å². The zero-order chi connectivity index (χ0) is 11.5. The molecule has 1 heterocycles. The van der Waals surface area contributed by atoms with Crippen LogP contribution < -0.4 is 4.74 Å². The zero-order valence-electron chi connectivity index (χ0n) is 9.77. The fraction of sp³-hybridized carbons (Fsp3) is 0.538. The molecule has 0 bridgehead atoms. The van der Waals surface area contributed by atoms with Crippen LogP contribution in [0, 0.1) is 5.92 Å². The summed E-state index contributed by atoms with van der Waals surface area (Å²) in [5.74, 6) is 1.12. The van der Waals surface area contributed by atoms with Crippen molar-refractivity contribution in [1.82, 2.24) is 4.98 Å². The van der Waals surface area contributed by atoms with Crippen LogP contribution in [0.1, 0.15) is 43.5 Å². The van der Waals surface area contributed by atoms with E-state index in [0.717, 1.165) is 12.8 Å². The first kappa shape index (κ1) is 11.1. The molecular weight excluding hydrogens is 202 g/mol. The number of hydrogen-bond acceptors (Lipinski definition) is 3. The van der Waals surface area contributed by atoms with Crippen molar-refractivity contribution in [3.8, 4) is 5.75 Å². The van der Waals surface area contributed by atoms with E-state index in [0.29, 0.717) is 11.3 Å². The summed E-state index contributed by atoms with van der Waals surface area (Å²) in [5.41, 5.74) is 0.683. The lowest BCUT2D eigenvalue weighted by molar-refractivity contribution is 0.0854. The lowest BCUT2D eigenvalue weighted by atomic mass is 9.80. The summed E-state index contributed by atoms with van der Waals surface area (Å²) in [6.45, 7) is 3.92. The molecule has 0 saturated heterocycles. The van der Waals surface area contributed by atoms with Crippen LogP contribution in [0.2, 0.25) is 0 Å². The van der Waals surface area contributed by atoms with Gasteiger partial charge in [0.2, 0.25) is 0 Å². The predicted octanol–water partition coefficient (Wildman–Crippen LogP) is 2.85. The standard InChI is InChI=1S/C13H17NO2/c1-9(2)16-12-6-11(7-14-8-12)13(15)10-4-3-5-10/h6-10H,3-5H2,1-2H3. The fourth-order valence-corrected chi connectivity index (χ4v) is 1.80. The van der Waals surface area contributed by atoms with Gasteiger partial charge in [0.25, 0.3) is 0 Å². The highest BCUT2D eigenvalue weighted by Crippen LogP contribution is 2.30. The van der Waals surface area contributed by atoms with E-state index in [4.69, 9.17) is 4.74 Å². The minimum atomic E-state index is 0.107. The molecule has 2 rings (SSSR count). The van der Waals surface area contributed by atoms with Gasteiger partial charge in [0.15, 0.2) is 5.78 Å². The Hall–Kier alpha value is -1.38. The van der Waals surface area contributed by atoms with Gasteiger partial charge in [0.05, 0.1) is 12.3 Å². The van der Waals surface area contributed by atoms with E-state index in [9.17, 15) is 4.79 Å². The van der Waals surface area contributed by atoms with Gasteiger partial charge < -0.3 is 4.74 Å². The third-order valence-electron chi connectivity index (χ3n) is 2.85. The third-order valence-corrected chi connectivity index (χ3v) is 2.85. The average Bonchev–Trinajstić information content (AvgIpc) is 2.14. The maximum Gasteiger partial charge on any atom is 0.167 e. The van der Waals surface area contributed by atoms with E-state index in [1.54, 1.807) is 18.5 Å². The predicted molar refractivity (Wildman–Crippen MR) is 61.7 cm³/mol. The summed E-state index contributed by atoms with van der Waals surface area (Å²) in [5, 5.41) is 0. The molecule has 1 aliphatic rings. The molecule has 1 saturated carbocycles. The smallest absolute Gasteiger partial charge is 0.167 e. The maximum absolute atomic E-state index is 12.0. The van der Waals surface area contributed by atoms with Gasteiger partial charge in [-0.2, -0.15) is 0 Å². The molecule has 86 valence electrons. The first-order valence-corrected chi connectivity index (χ1v) is 5.82. The van der Waals surface area contributed by atoms with Crippen LogP contribution >= 0.6 is 0 Å². The first-order chi connectivity index (χ1) is 7.66.